The summed E-state index contributed by atoms with van der Waals surface area (Å²) in [7, 11) is 0. The van der Waals surface area contributed by atoms with E-state index in [9.17, 15) is 0 Å². The molecule has 0 fully saturated rings. The summed E-state index contributed by atoms with van der Waals surface area (Å²) in [5, 5.41) is 1.30. The third-order valence-electron chi connectivity index (χ3n) is 2.71. The van der Waals surface area contributed by atoms with E-state index in [-0.39, 0.29) is 12.1 Å². The molecule has 0 aliphatic rings. The Bertz CT molecular complexity index is 557. The quantitative estimate of drug-likeness (QED) is 0.904. The highest BCUT2D eigenvalue weighted by atomic mass is 35.5. The average molecular weight is 296 g/mol. The van der Waals surface area contributed by atoms with Gasteiger partial charge in [0, 0.05) is 16.1 Å². The van der Waals surface area contributed by atoms with Crippen molar-refractivity contribution >= 4 is 23.2 Å². The molecule has 0 bridgehead atoms. The van der Waals surface area contributed by atoms with Crippen LogP contribution in [-0.2, 0) is 0 Å². The van der Waals surface area contributed by atoms with E-state index in [4.69, 9.17) is 33.7 Å². The lowest BCUT2D eigenvalue weighted by atomic mass is 10.0. The summed E-state index contributed by atoms with van der Waals surface area (Å²) >= 11 is 12.0. The number of ether oxygens (including phenoxy) is 1. The van der Waals surface area contributed by atoms with Crippen molar-refractivity contribution in [1.82, 2.24) is 0 Å². The standard InChI is InChI=1S/C15H15Cl2NO/c1-10(18)15(11-4-2-5-12(16)8-11)19-14-7-3-6-13(17)9-14/h2-10,15H,18H2,1H3. The lowest BCUT2D eigenvalue weighted by molar-refractivity contribution is 0.180. The minimum absolute atomic E-state index is 0.169. The Kier molecular flexibility index (Phi) is 4.70. The van der Waals surface area contributed by atoms with E-state index in [1.54, 1.807) is 12.1 Å². The zero-order valence-corrected chi connectivity index (χ0v) is 12.0. The highest BCUT2D eigenvalue weighted by Gasteiger charge is 2.18. The second-order valence-corrected chi connectivity index (χ2v) is 5.28. The SMILES string of the molecule is CC(N)C(Oc1cccc(Cl)c1)c1cccc(Cl)c1. The highest BCUT2D eigenvalue weighted by molar-refractivity contribution is 6.30. The summed E-state index contributed by atoms with van der Waals surface area (Å²) < 4.78 is 5.93. The molecule has 2 unspecified atom stereocenters. The maximum atomic E-state index is 6.00. The summed E-state index contributed by atoms with van der Waals surface area (Å²) in [5.41, 5.74) is 6.95. The van der Waals surface area contributed by atoms with Gasteiger partial charge in [0.05, 0.1) is 0 Å². The van der Waals surface area contributed by atoms with Crippen LogP contribution in [0.1, 0.15) is 18.6 Å². The van der Waals surface area contributed by atoms with Gasteiger partial charge in [0.1, 0.15) is 11.9 Å². The fourth-order valence-corrected chi connectivity index (χ4v) is 2.23. The number of halogens is 2. The fraction of sp³-hybridized carbons (Fsp3) is 0.200. The van der Waals surface area contributed by atoms with Gasteiger partial charge in [0.15, 0.2) is 0 Å². The van der Waals surface area contributed by atoms with Gasteiger partial charge < -0.3 is 10.5 Å². The van der Waals surface area contributed by atoms with Crippen molar-refractivity contribution < 1.29 is 4.74 Å². The number of rotatable bonds is 4. The molecule has 2 aromatic rings. The monoisotopic (exact) mass is 295 g/mol. The van der Waals surface area contributed by atoms with Crippen molar-refractivity contribution in [1.29, 1.82) is 0 Å². The molecule has 2 rings (SSSR count). The predicted octanol–water partition coefficient (Wildman–Crippen LogP) is 4.46. The van der Waals surface area contributed by atoms with E-state index in [1.807, 2.05) is 43.3 Å². The maximum Gasteiger partial charge on any atom is 0.139 e. The largest absolute Gasteiger partial charge is 0.484 e. The molecule has 0 radical (unpaired) electrons. The van der Waals surface area contributed by atoms with Crippen molar-refractivity contribution in [3.8, 4) is 5.75 Å². The smallest absolute Gasteiger partial charge is 0.139 e. The number of hydrogen-bond donors (Lipinski definition) is 1. The zero-order valence-electron chi connectivity index (χ0n) is 10.5. The minimum Gasteiger partial charge on any atom is -0.484 e. The van der Waals surface area contributed by atoms with Crippen LogP contribution in [0.4, 0.5) is 0 Å². The molecular formula is C15H15Cl2NO. The molecule has 2 N–H and O–H groups in total. The molecule has 4 heteroatoms. The molecular weight excluding hydrogens is 281 g/mol. The van der Waals surface area contributed by atoms with Crippen LogP contribution in [0.2, 0.25) is 10.0 Å². The molecule has 0 aliphatic heterocycles. The van der Waals surface area contributed by atoms with E-state index >= 15 is 0 Å². The Morgan fingerprint density at radius 1 is 1.00 bits per heavy atom. The van der Waals surface area contributed by atoms with Gasteiger partial charge in [-0.15, -0.1) is 0 Å². The van der Waals surface area contributed by atoms with Crippen LogP contribution in [0.25, 0.3) is 0 Å². The van der Waals surface area contributed by atoms with Crippen molar-refractivity contribution in [2.45, 2.75) is 19.1 Å². The first kappa shape index (κ1) is 14.2. The van der Waals surface area contributed by atoms with E-state index in [2.05, 4.69) is 0 Å². The zero-order chi connectivity index (χ0) is 13.8. The summed E-state index contributed by atoms with van der Waals surface area (Å²) in [6, 6.07) is 14.6. The first-order valence-electron chi connectivity index (χ1n) is 5.99. The van der Waals surface area contributed by atoms with Crippen molar-refractivity contribution in [3.05, 3.63) is 64.1 Å². The van der Waals surface area contributed by atoms with Gasteiger partial charge in [-0.1, -0.05) is 41.4 Å². The van der Waals surface area contributed by atoms with Crippen LogP contribution in [0.15, 0.2) is 48.5 Å². The molecule has 2 aromatic carbocycles. The number of benzene rings is 2. The molecule has 0 aromatic heterocycles. The molecule has 100 valence electrons. The molecule has 0 saturated carbocycles. The van der Waals surface area contributed by atoms with Gasteiger partial charge >= 0.3 is 0 Å². The topological polar surface area (TPSA) is 35.2 Å². The molecule has 0 saturated heterocycles. The van der Waals surface area contributed by atoms with Gasteiger partial charge in [-0.2, -0.15) is 0 Å². The van der Waals surface area contributed by atoms with E-state index in [0.29, 0.717) is 15.8 Å². The number of hydrogen-bond acceptors (Lipinski definition) is 2. The molecule has 0 spiro atoms. The van der Waals surface area contributed by atoms with Crippen LogP contribution in [-0.4, -0.2) is 6.04 Å². The van der Waals surface area contributed by atoms with Crippen molar-refractivity contribution in [2.75, 3.05) is 0 Å². The lowest BCUT2D eigenvalue weighted by Crippen LogP contribution is -2.29. The van der Waals surface area contributed by atoms with Crippen LogP contribution >= 0.6 is 23.2 Å². The molecule has 0 heterocycles. The Labute approximate surface area is 123 Å². The first-order valence-corrected chi connectivity index (χ1v) is 6.75. The Morgan fingerprint density at radius 2 is 1.63 bits per heavy atom. The van der Waals surface area contributed by atoms with Gasteiger partial charge in [0.2, 0.25) is 0 Å². The van der Waals surface area contributed by atoms with Gasteiger partial charge in [-0.3, -0.25) is 0 Å². The maximum absolute atomic E-state index is 6.00. The summed E-state index contributed by atoms with van der Waals surface area (Å²) in [5.74, 6) is 0.690. The summed E-state index contributed by atoms with van der Waals surface area (Å²) in [4.78, 5) is 0. The van der Waals surface area contributed by atoms with E-state index in [1.165, 1.54) is 0 Å². The van der Waals surface area contributed by atoms with E-state index < -0.39 is 0 Å². The molecule has 2 nitrogen and oxygen atoms in total. The van der Waals surface area contributed by atoms with Crippen molar-refractivity contribution in [2.24, 2.45) is 5.73 Å². The second kappa shape index (κ2) is 6.29. The average Bonchev–Trinajstić information content (AvgIpc) is 2.35. The van der Waals surface area contributed by atoms with Crippen LogP contribution in [0, 0.1) is 0 Å². The second-order valence-electron chi connectivity index (χ2n) is 4.41. The highest BCUT2D eigenvalue weighted by Crippen LogP contribution is 2.27. The van der Waals surface area contributed by atoms with Crippen LogP contribution < -0.4 is 10.5 Å². The molecule has 0 amide bonds. The predicted molar refractivity (Wildman–Crippen MR) is 79.9 cm³/mol. The third-order valence-corrected chi connectivity index (χ3v) is 3.18. The molecule has 19 heavy (non-hydrogen) atoms. The molecule has 2 atom stereocenters. The Balaban J connectivity index is 2.26. The summed E-state index contributed by atoms with van der Waals surface area (Å²) in [6.45, 7) is 1.90. The van der Waals surface area contributed by atoms with Crippen LogP contribution in [0.3, 0.4) is 0 Å². The van der Waals surface area contributed by atoms with Gasteiger partial charge in [-0.25, -0.2) is 0 Å². The Morgan fingerprint density at radius 3 is 2.21 bits per heavy atom. The molecule has 0 aliphatic carbocycles. The summed E-state index contributed by atoms with van der Waals surface area (Å²) in [6.07, 6.45) is -0.267. The number of nitrogens with two attached hydrogens (primary N) is 1. The minimum atomic E-state index is -0.267. The van der Waals surface area contributed by atoms with Crippen LogP contribution in [0.5, 0.6) is 5.75 Å². The normalized spacial score (nSPS) is 13.9. The third kappa shape index (κ3) is 3.87. The first-order chi connectivity index (χ1) is 9.06. The van der Waals surface area contributed by atoms with Gasteiger partial charge in [0.25, 0.3) is 0 Å². The van der Waals surface area contributed by atoms with Crippen molar-refractivity contribution in [3.63, 3.8) is 0 Å². The fourth-order valence-electron chi connectivity index (χ4n) is 1.85. The van der Waals surface area contributed by atoms with Gasteiger partial charge in [-0.05, 0) is 42.8 Å². The van der Waals surface area contributed by atoms with E-state index in [0.717, 1.165) is 5.56 Å². The lowest BCUT2D eigenvalue weighted by Gasteiger charge is -2.23. The Hall–Kier alpha value is -1.22.